The van der Waals surface area contributed by atoms with Crippen LogP contribution < -0.4 is 5.32 Å². The largest absolute Gasteiger partial charge is 0.373 e. The van der Waals surface area contributed by atoms with Crippen LogP contribution in [0.5, 0.6) is 0 Å². The maximum absolute atomic E-state index is 4.67. The molecule has 2 heterocycles. The molecular formula is C12H15N5S. The second-order valence-corrected chi connectivity index (χ2v) is 5.36. The molecule has 0 bridgehead atoms. The van der Waals surface area contributed by atoms with Gasteiger partial charge in [0.05, 0.1) is 0 Å². The molecule has 1 saturated carbocycles. The number of H-pyrrole nitrogens is 1. The highest BCUT2D eigenvalue weighted by atomic mass is 32.2. The van der Waals surface area contributed by atoms with Crippen LogP contribution in [-0.4, -0.2) is 27.0 Å². The molecule has 94 valence electrons. The molecule has 2 N–H and O–H groups in total. The predicted molar refractivity (Wildman–Crippen MR) is 71.0 cm³/mol. The summed E-state index contributed by atoms with van der Waals surface area (Å²) in [5, 5.41) is 4.98. The molecule has 0 aliphatic heterocycles. The molecule has 2 aromatic rings. The molecule has 1 fully saturated rings. The molecule has 0 unspecified atom stereocenters. The third kappa shape index (κ3) is 2.20. The van der Waals surface area contributed by atoms with Crippen LogP contribution in [0.4, 0.5) is 5.82 Å². The van der Waals surface area contributed by atoms with E-state index in [9.17, 15) is 0 Å². The molecule has 3 rings (SSSR count). The van der Waals surface area contributed by atoms with Gasteiger partial charge in [-0.25, -0.2) is 15.0 Å². The van der Waals surface area contributed by atoms with E-state index in [1.165, 1.54) is 12.8 Å². The third-order valence-electron chi connectivity index (χ3n) is 2.96. The lowest BCUT2D eigenvalue weighted by molar-refractivity contribution is 0.862. The van der Waals surface area contributed by atoms with E-state index in [0.717, 1.165) is 27.4 Å². The zero-order chi connectivity index (χ0) is 12.5. The highest BCUT2D eigenvalue weighted by Gasteiger charge is 2.28. The molecule has 0 radical (unpaired) electrons. The van der Waals surface area contributed by atoms with Gasteiger partial charge in [0.2, 0.25) is 0 Å². The van der Waals surface area contributed by atoms with Gasteiger partial charge in [-0.3, -0.25) is 0 Å². The summed E-state index contributed by atoms with van der Waals surface area (Å²) < 4.78 is 0. The Kier molecular flexibility index (Phi) is 2.95. The number of imidazole rings is 1. The number of nitrogens with one attached hydrogen (secondary N) is 2. The summed E-state index contributed by atoms with van der Waals surface area (Å²) in [4.78, 5) is 16.6. The van der Waals surface area contributed by atoms with Crippen molar-refractivity contribution < 1.29 is 0 Å². The van der Waals surface area contributed by atoms with E-state index in [2.05, 4.69) is 25.3 Å². The average Bonchev–Trinajstić information content (AvgIpc) is 3.11. The minimum atomic E-state index is 0.550. The predicted octanol–water partition coefficient (Wildman–Crippen LogP) is 2.58. The molecule has 5 nitrogen and oxygen atoms in total. The fraction of sp³-hybridized carbons (Fsp3) is 0.417. The SMILES string of the molecule is CNc1nc(C2CC2)nc(Sc2ncc[nH]2)c1C. The van der Waals surface area contributed by atoms with Gasteiger partial charge in [-0.15, -0.1) is 0 Å². The number of aromatic nitrogens is 4. The van der Waals surface area contributed by atoms with Crippen molar-refractivity contribution in [1.82, 2.24) is 19.9 Å². The van der Waals surface area contributed by atoms with Crippen molar-refractivity contribution in [2.24, 2.45) is 0 Å². The van der Waals surface area contributed by atoms with Crippen LogP contribution in [0.15, 0.2) is 22.6 Å². The van der Waals surface area contributed by atoms with Gasteiger partial charge in [-0.05, 0) is 31.5 Å². The summed E-state index contributed by atoms with van der Waals surface area (Å²) in [5.41, 5.74) is 1.07. The molecule has 18 heavy (non-hydrogen) atoms. The number of hydrogen-bond donors (Lipinski definition) is 2. The molecule has 0 spiro atoms. The van der Waals surface area contributed by atoms with E-state index in [4.69, 9.17) is 0 Å². The highest BCUT2D eigenvalue weighted by Crippen LogP contribution is 2.40. The van der Waals surface area contributed by atoms with Crippen LogP contribution in [0.25, 0.3) is 0 Å². The van der Waals surface area contributed by atoms with Crippen LogP contribution in [0, 0.1) is 6.92 Å². The van der Waals surface area contributed by atoms with Crippen LogP contribution in [-0.2, 0) is 0 Å². The van der Waals surface area contributed by atoms with Gasteiger partial charge in [0, 0.05) is 30.9 Å². The Balaban J connectivity index is 1.98. The van der Waals surface area contributed by atoms with Gasteiger partial charge in [-0.1, -0.05) is 0 Å². The van der Waals surface area contributed by atoms with E-state index in [1.807, 2.05) is 20.2 Å². The summed E-state index contributed by atoms with van der Waals surface area (Å²) in [7, 11) is 1.90. The Hall–Kier alpha value is -1.56. The Labute approximate surface area is 110 Å². The Morgan fingerprint density at radius 3 is 2.83 bits per heavy atom. The summed E-state index contributed by atoms with van der Waals surface area (Å²) in [6.45, 7) is 2.04. The van der Waals surface area contributed by atoms with E-state index < -0.39 is 0 Å². The summed E-state index contributed by atoms with van der Waals surface area (Å²) in [6.07, 6.45) is 5.98. The fourth-order valence-corrected chi connectivity index (χ4v) is 2.59. The van der Waals surface area contributed by atoms with Crippen molar-refractivity contribution in [3.05, 3.63) is 23.8 Å². The highest BCUT2D eigenvalue weighted by molar-refractivity contribution is 7.99. The average molecular weight is 261 g/mol. The van der Waals surface area contributed by atoms with Gasteiger partial charge in [0.1, 0.15) is 16.7 Å². The maximum atomic E-state index is 4.67. The van der Waals surface area contributed by atoms with Crippen molar-refractivity contribution in [3.8, 4) is 0 Å². The number of aromatic amines is 1. The monoisotopic (exact) mass is 261 g/mol. The van der Waals surface area contributed by atoms with Crippen molar-refractivity contribution >= 4 is 17.6 Å². The zero-order valence-electron chi connectivity index (χ0n) is 10.4. The quantitative estimate of drug-likeness (QED) is 0.828. The van der Waals surface area contributed by atoms with Gasteiger partial charge < -0.3 is 10.3 Å². The van der Waals surface area contributed by atoms with Crippen LogP contribution >= 0.6 is 11.8 Å². The maximum Gasteiger partial charge on any atom is 0.171 e. The molecule has 0 amide bonds. The lowest BCUT2D eigenvalue weighted by Crippen LogP contribution is -2.04. The van der Waals surface area contributed by atoms with Crippen molar-refractivity contribution in [2.75, 3.05) is 12.4 Å². The molecular weight excluding hydrogens is 246 g/mol. The second kappa shape index (κ2) is 4.61. The molecule has 1 aliphatic carbocycles. The van der Waals surface area contributed by atoms with E-state index in [0.29, 0.717) is 5.92 Å². The molecule has 0 aromatic carbocycles. The number of hydrogen-bond acceptors (Lipinski definition) is 5. The Morgan fingerprint density at radius 1 is 1.39 bits per heavy atom. The number of rotatable bonds is 4. The first-order valence-electron chi connectivity index (χ1n) is 6.01. The smallest absolute Gasteiger partial charge is 0.171 e. The molecule has 6 heteroatoms. The standard InChI is InChI=1S/C12H15N5S/c1-7-9(13-2)16-10(8-3-4-8)17-11(7)18-12-14-5-6-15-12/h5-6,8H,3-4H2,1-2H3,(H,14,15)(H,13,16,17). The molecule has 1 aliphatic rings. The van der Waals surface area contributed by atoms with Crippen LogP contribution in [0.3, 0.4) is 0 Å². The summed E-state index contributed by atoms with van der Waals surface area (Å²) in [5.74, 6) is 2.42. The topological polar surface area (TPSA) is 66.5 Å². The number of anilines is 1. The Morgan fingerprint density at radius 2 is 2.22 bits per heavy atom. The number of nitrogens with zero attached hydrogens (tertiary/aromatic N) is 3. The van der Waals surface area contributed by atoms with Crippen molar-refractivity contribution in [3.63, 3.8) is 0 Å². The van der Waals surface area contributed by atoms with Gasteiger partial charge in [0.15, 0.2) is 5.16 Å². The molecule has 0 saturated heterocycles. The molecule has 0 atom stereocenters. The zero-order valence-corrected chi connectivity index (χ0v) is 11.2. The summed E-state index contributed by atoms with van der Waals surface area (Å²) >= 11 is 1.55. The third-order valence-corrected chi connectivity index (χ3v) is 3.97. The van der Waals surface area contributed by atoms with E-state index in [1.54, 1.807) is 18.0 Å². The normalized spacial score (nSPS) is 14.8. The van der Waals surface area contributed by atoms with E-state index >= 15 is 0 Å². The van der Waals surface area contributed by atoms with Crippen molar-refractivity contribution in [1.29, 1.82) is 0 Å². The first kappa shape index (κ1) is 11.5. The molecule has 2 aromatic heterocycles. The van der Waals surface area contributed by atoms with Gasteiger partial charge >= 0.3 is 0 Å². The fourth-order valence-electron chi connectivity index (χ4n) is 1.78. The van der Waals surface area contributed by atoms with Crippen molar-refractivity contribution in [2.45, 2.75) is 35.9 Å². The van der Waals surface area contributed by atoms with Gasteiger partial charge in [0.25, 0.3) is 0 Å². The minimum Gasteiger partial charge on any atom is -0.373 e. The first-order valence-corrected chi connectivity index (χ1v) is 6.83. The van der Waals surface area contributed by atoms with Crippen LogP contribution in [0.1, 0.15) is 30.1 Å². The van der Waals surface area contributed by atoms with Crippen LogP contribution in [0.2, 0.25) is 0 Å². The van der Waals surface area contributed by atoms with E-state index in [-0.39, 0.29) is 0 Å². The minimum absolute atomic E-state index is 0.550. The van der Waals surface area contributed by atoms with Gasteiger partial charge in [-0.2, -0.15) is 0 Å². The second-order valence-electron chi connectivity index (χ2n) is 4.38. The lowest BCUT2D eigenvalue weighted by Gasteiger charge is -2.10. The Bertz CT molecular complexity index is 548. The first-order chi connectivity index (χ1) is 8.78. The lowest BCUT2D eigenvalue weighted by atomic mass is 10.3. The summed E-state index contributed by atoms with van der Waals surface area (Å²) in [6, 6.07) is 0.